The second-order valence-electron chi connectivity index (χ2n) is 8.25. The Balaban J connectivity index is 1.97. The van der Waals surface area contributed by atoms with Gasteiger partial charge >= 0.3 is 0 Å². The summed E-state index contributed by atoms with van der Waals surface area (Å²) in [6.07, 6.45) is 13.8. The summed E-state index contributed by atoms with van der Waals surface area (Å²) in [4.78, 5) is 16.7. The van der Waals surface area contributed by atoms with Gasteiger partial charge in [0.05, 0.1) is 0 Å². The molecular weight excluding hydrogens is 370 g/mol. The third-order valence-corrected chi connectivity index (χ3v) is 7.76. The molecule has 0 fully saturated rings. The lowest BCUT2D eigenvalue weighted by atomic mass is 10.2. The van der Waals surface area contributed by atoms with E-state index in [1.54, 1.807) is 0 Å². The van der Waals surface area contributed by atoms with Crippen molar-refractivity contribution in [1.29, 1.82) is 0 Å². The van der Waals surface area contributed by atoms with Gasteiger partial charge in [0, 0.05) is 11.1 Å². The zero-order valence-corrected chi connectivity index (χ0v) is 18.9. The Morgan fingerprint density at radius 1 is 0.519 bits per heavy atom. The van der Waals surface area contributed by atoms with Crippen LogP contribution in [-0.4, -0.2) is 52.5 Å². The quantitative estimate of drug-likeness (QED) is 0.571. The van der Waals surface area contributed by atoms with Gasteiger partial charge in [-0.25, -0.2) is 35.0 Å². The molecule has 3 aromatic rings. The summed E-state index contributed by atoms with van der Waals surface area (Å²) in [5.74, 6) is 2.21. The first-order valence-corrected chi connectivity index (χ1v) is 14.6. The van der Waals surface area contributed by atoms with Gasteiger partial charge in [-0.15, -0.1) is 0 Å². The van der Waals surface area contributed by atoms with Crippen LogP contribution in [0.15, 0.2) is 58.3 Å². The first kappa shape index (κ1) is 19.9. The van der Waals surface area contributed by atoms with Crippen LogP contribution >= 0.6 is 20.1 Å². The van der Waals surface area contributed by atoms with Crippen molar-refractivity contribution in [2.45, 2.75) is 16.7 Å². The van der Waals surface area contributed by atoms with E-state index in [1.807, 2.05) is 6.92 Å². The Hall–Kier alpha value is -1.85. The van der Waals surface area contributed by atoms with Crippen LogP contribution in [0.2, 0.25) is 0 Å². The van der Waals surface area contributed by atoms with Crippen LogP contribution in [0.4, 0.5) is 0 Å². The summed E-state index contributed by atoms with van der Waals surface area (Å²) in [5.41, 5.74) is 2.06. The maximum atomic E-state index is 4.75. The fourth-order valence-corrected chi connectivity index (χ4v) is 4.67. The summed E-state index contributed by atoms with van der Waals surface area (Å²) in [6.45, 7) is 1.93. The van der Waals surface area contributed by atoms with Crippen molar-refractivity contribution in [2.75, 3.05) is 37.5 Å². The third-order valence-electron chi connectivity index (χ3n) is 4.39. The zero-order valence-electron chi connectivity index (χ0n) is 17.3. The van der Waals surface area contributed by atoms with Crippen LogP contribution in [0.25, 0.3) is 22.8 Å². The second kappa shape index (κ2) is 7.28. The van der Waals surface area contributed by atoms with Crippen LogP contribution < -0.4 is 0 Å². The molecule has 5 heteroatoms. The summed E-state index contributed by atoms with van der Waals surface area (Å²) < 4.78 is 0. The molecule has 0 unspecified atom stereocenters. The molecular formula is C22H29N3S2. The minimum atomic E-state index is -0.729. The smallest absolute Gasteiger partial charge is 0.163 e. The molecule has 0 amide bonds. The van der Waals surface area contributed by atoms with Crippen LogP contribution in [-0.2, 0) is 0 Å². The largest absolute Gasteiger partial charge is 0.223 e. The Morgan fingerprint density at radius 2 is 0.852 bits per heavy atom. The van der Waals surface area contributed by atoms with E-state index in [2.05, 4.69) is 96.0 Å². The number of hydrogen-bond donors (Lipinski definition) is 0. The van der Waals surface area contributed by atoms with Crippen molar-refractivity contribution in [2.24, 2.45) is 0 Å². The molecule has 0 bridgehead atoms. The van der Waals surface area contributed by atoms with Crippen molar-refractivity contribution < 1.29 is 0 Å². The minimum Gasteiger partial charge on any atom is -0.223 e. The predicted molar refractivity (Wildman–Crippen MR) is 123 cm³/mol. The van der Waals surface area contributed by atoms with Crippen LogP contribution in [0.5, 0.6) is 0 Å². The Bertz CT molecular complexity index is 860. The molecule has 1 aromatic heterocycles. The summed E-state index contributed by atoms with van der Waals surface area (Å²) in [6, 6.07) is 17.3. The van der Waals surface area contributed by atoms with Crippen molar-refractivity contribution in [3.63, 3.8) is 0 Å². The van der Waals surface area contributed by atoms with E-state index in [0.717, 1.165) is 28.6 Å². The fourth-order valence-electron chi connectivity index (χ4n) is 2.76. The molecule has 0 radical (unpaired) electrons. The van der Waals surface area contributed by atoms with Crippen LogP contribution in [0.1, 0.15) is 5.82 Å². The Morgan fingerprint density at radius 3 is 1.15 bits per heavy atom. The highest BCUT2D eigenvalue weighted by molar-refractivity contribution is 8.32. The van der Waals surface area contributed by atoms with Crippen molar-refractivity contribution in [1.82, 2.24) is 15.0 Å². The van der Waals surface area contributed by atoms with Gasteiger partial charge in [0.1, 0.15) is 5.82 Å². The SMILES string of the molecule is Cc1nc(-c2ccc(S(C)(C)C)cc2)nc(-c2ccc(S(C)(C)C)cc2)n1. The molecule has 0 aliphatic heterocycles. The first-order chi connectivity index (χ1) is 12.5. The van der Waals surface area contributed by atoms with Gasteiger partial charge in [0.15, 0.2) is 11.6 Å². The Kier molecular flexibility index (Phi) is 5.37. The van der Waals surface area contributed by atoms with Crippen molar-refractivity contribution in [3.8, 4) is 22.8 Å². The molecule has 3 nitrogen and oxygen atoms in total. The molecule has 0 saturated carbocycles. The topological polar surface area (TPSA) is 38.7 Å². The molecule has 1 heterocycles. The van der Waals surface area contributed by atoms with E-state index in [1.165, 1.54) is 9.79 Å². The molecule has 0 aliphatic rings. The molecule has 27 heavy (non-hydrogen) atoms. The molecule has 144 valence electrons. The number of rotatable bonds is 4. The van der Waals surface area contributed by atoms with Crippen molar-refractivity contribution >= 4 is 20.1 Å². The maximum Gasteiger partial charge on any atom is 0.163 e. The lowest BCUT2D eigenvalue weighted by molar-refractivity contribution is 0.991. The van der Waals surface area contributed by atoms with E-state index in [0.29, 0.717) is 0 Å². The predicted octanol–water partition coefficient (Wildman–Crippen LogP) is 5.62. The van der Waals surface area contributed by atoms with Gasteiger partial charge in [-0.2, -0.15) is 0 Å². The highest BCUT2D eigenvalue weighted by Gasteiger charge is 2.12. The third kappa shape index (κ3) is 4.71. The average molecular weight is 400 g/mol. The molecule has 0 N–H and O–H groups in total. The second-order valence-corrected chi connectivity index (χ2v) is 16.5. The van der Waals surface area contributed by atoms with E-state index in [9.17, 15) is 0 Å². The summed E-state index contributed by atoms with van der Waals surface area (Å²) >= 11 is 0. The number of hydrogen-bond acceptors (Lipinski definition) is 3. The number of aryl methyl sites for hydroxylation is 1. The van der Waals surface area contributed by atoms with Gasteiger partial charge in [0.25, 0.3) is 0 Å². The van der Waals surface area contributed by atoms with Crippen LogP contribution in [0, 0.1) is 6.92 Å². The van der Waals surface area contributed by atoms with Gasteiger partial charge in [-0.3, -0.25) is 0 Å². The van der Waals surface area contributed by atoms with Crippen LogP contribution in [0.3, 0.4) is 0 Å². The molecule has 0 saturated heterocycles. The standard InChI is InChI=1S/C22H29N3S2/c1-16-23-21(17-8-12-19(13-9-17)26(2,3)4)25-22(24-16)18-10-14-20(15-11-18)27(5,6)7/h8-15H,1-7H3. The Labute approximate surface area is 166 Å². The summed E-state index contributed by atoms with van der Waals surface area (Å²) in [7, 11) is -1.46. The molecule has 0 atom stereocenters. The first-order valence-electron chi connectivity index (χ1n) is 8.84. The van der Waals surface area contributed by atoms with Crippen molar-refractivity contribution in [3.05, 3.63) is 54.4 Å². The molecule has 2 aromatic carbocycles. The van der Waals surface area contributed by atoms with Gasteiger partial charge in [0.2, 0.25) is 0 Å². The maximum absolute atomic E-state index is 4.75. The van der Waals surface area contributed by atoms with E-state index in [4.69, 9.17) is 4.98 Å². The number of benzene rings is 2. The van der Waals surface area contributed by atoms with E-state index >= 15 is 0 Å². The summed E-state index contributed by atoms with van der Waals surface area (Å²) in [5, 5.41) is 0. The zero-order chi connectivity index (χ0) is 19.8. The minimum absolute atomic E-state index is 0.729. The normalized spacial score (nSPS) is 13.4. The lowest BCUT2D eigenvalue weighted by Crippen LogP contribution is -2.00. The van der Waals surface area contributed by atoms with E-state index < -0.39 is 20.1 Å². The molecule has 0 spiro atoms. The fraction of sp³-hybridized carbons (Fsp3) is 0.318. The molecule has 3 rings (SSSR count). The average Bonchev–Trinajstić information content (AvgIpc) is 2.60. The number of nitrogens with zero attached hydrogens (tertiary/aromatic N) is 3. The van der Waals surface area contributed by atoms with Gasteiger partial charge < -0.3 is 0 Å². The highest BCUT2D eigenvalue weighted by atomic mass is 32.3. The molecule has 0 aliphatic carbocycles. The highest BCUT2D eigenvalue weighted by Crippen LogP contribution is 2.46. The van der Waals surface area contributed by atoms with E-state index in [-0.39, 0.29) is 0 Å². The lowest BCUT2D eigenvalue weighted by Gasteiger charge is -2.25. The number of aromatic nitrogens is 3. The van der Waals surface area contributed by atoms with Gasteiger partial charge in [-0.05, 0) is 78.5 Å². The van der Waals surface area contributed by atoms with Gasteiger partial charge in [-0.1, -0.05) is 24.3 Å². The monoisotopic (exact) mass is 399 g/mol.